The summed E-state index contributed by atoms with van der Waals surface area (Å²) in [6, 6.07) is 0. The Kier molecular flexibility index (Phi) is 1.94. The summed E-state index contributed by atoms with van der Waals surface area (Å²) in [6.07, 6.45) is -0.579. The molecule has 0 aromatic heterocycles. The molecule has 1 heterocycles. The predicted molar refractivity (Wildman–Crippen MR) is 35.3 cm³/mol. The number of esters is 1. The maximum absolute atomic E-state index is 10.8. The van der Waals surface area contributed by atoms with Crippen molar-refractivity contribution in [3.63, 3.8) is 0 Å². The largest absolute Gasteiger partial charge is 0.465 e. The van der Waals surface area contributed by atoms with E-state index in [2.05, 4.69) is 0 Å². The van der Waals surface area contributed by atoms with Gasteiger partial charge in [-0.2, -0.15) is 0 Å². The summed E-state index contributed by atoms with van der Waals surface area (Å²) in [7, 11) is 0. The molecule has 0 aliphatic carbocycles. The van der Waals surface area contributed by atoms with Crippen LogP contribution in [0.1, 0.15) is 13.8 Å². The molecule has 1 N–H and O–H groups in total. The number of hydrogen-bond donors (Lipinski definition) is 1. The van der Waals surface area contributed by atoms with E-state index < -0.39 is 6.10 Å². The molecule has 1 saturated heterocycles. The number of aliphatic hydroxyl groups is 1. The topological polar surface area (TPSA) is 46.5 Å². The van der Waals surface area contributed by atoms with Crippen LogP contribution in [0.5, 0.6) is 0 Å². The second kappa shape index (κ2) is 2.58. The van der Waals surface area contributed by atoms with Gasteiger partial charge >= 0.3 is 5.97 Å². The first-order valence-electron chi connectivity index (χ1n) is 3.47. The number of hydrogen-bond acceptors (Lipinski definition) is 3. The van der Waals surface area contributed by atoms with Crippen LogP contribution in [-0.2, 0) is 9.53 Å². The Morgan fingerprint density at radius 1 is 1.80 bits per heavy atom. The van der Waals surface area contributed by atoms with Gasteiger partial charge in [-0.25, -0.2) is 0 Å². The zero-order chi connectivity index (χ0) is 7.72. The first kappa shape index (κ1) is 7.54. The minimum atomic E-state index is -0.579. The minimum Gasteiger partial charge on any atom is -0.465 e. The number of carbonyl (C=O) groups is 1. The third-order valence-corrected chi connectivity index (χ3v) is 1.89. The van der Waals surface area contributed by atoms with E-state index in [1.807, 2.05) is 6.92 Å². The Bertz CT molecular complexity index is 142. The standard InChI is InChI=1S/C7H12O3/c1-4-3-10-7(9)6(4)5(2)8/h4-6,8H,3H2,1-2H3/t4-,5+,6-/m1/s1. The molecule has 10 heavy (non-hydrogen) atoms. The van der Waals surface area contributed by atoms with Crippen molar-refractivity contribution in [1.82, 2.24) is 0 Å². The summed E-state index contributed by atoms with van der Waals surface area (Å²) in [5.41, 5.74) is 0. The van der Waals surface area contributed by atoms with Crippen molar-refractivity contribution >= 4 is 5.97 Å². The van der Waals surface area contributed by atoms with Gasteiger partial charge in [-0.15, -0.1) is 0 Å². The SMILES string of the molecule is C[C@H](O)[C@@H]1C(=O)OC[C@H]1C. The van der Waals surface area contributed by atoms with Gasteiger partial charge in [-0.05, 0) is 6.92 Å². The highest BCUT2D eigenvalue weighted by atomic mass is 16.5. The lowest BCUT2D eigenvalue weighted by Gasteiger charge is -2.12. The van der Waals surface area contributed by atoms with E-state index >= 15 is 0 Å². The quantitative estimate of drug-likeness (QED) is 0.534. The molecule has 1 fully saturated rings. The zero-order valence-corrected chi connectivity index (χ0v) is 6.20. The van der Waals surface area contributed by atoms with Gasteiger partial charge in [0.25, 0.3) is 0 Å². The van der Waals surface area contributed by atoms with Gasteiger partial charge in [-0.1, -0.05) is 6.92 Å². The summed E-state index contributed by atoms with van der Waals surface area (Å²) in [4.78, 5) is 10.8. The van der Waals surface area contributed by atoms with Crippen LogP contribution >= 0.6 is 0 Å². The molecule has 0 radical (unpaired) electrons. The maximum atomic E-state index is 10.8. The smallest absolute Gasteiger partial charge is 0.311 e. The van der Waals surface area contributed by atoms with Gasteiger partial charge in [0.05, 0.1) is 18.6 Å². The Balaban J connectivity index is 2.63. The van der Waals surface area contributed by atoms with Gasteiger partial charge in [0.15, 0.2) is 0 Å². The first-order chi connectivity index (χ1) is 4.63. The second-order valence-corrected chi connectivity index (χ2v) is 2.87. The molecular weight excluding hydrogens is 132 g/mol. The fourth-order valence-corrected chi connectivity index (χ4v) is 1.32. The lowest BCUT2D eigenvalue weighted by molar-refractivity contribution is -0.143. The molecule has 0 aromatic rings. The van der Waals surface area contributed by atoms with E-state index in [9.17, 15) is 4.79 Å². The van der Waals surface area contributed by atoms with Crippen LogP contribution in [0.2, 0.25) is 0 Å². The predicted octanol–water partition coefficient (Wildman–Crippen LogP) is 0.176. The number of carbonyl (C=O) groups excluding carboxylic acids is 1. The van der Waals surface area contributed by atoms with Crippen LogP contribution in [0, 0.1) is 11.8 Å². The lowest BCUT2D eigenvalue weighted by Crippen LogP contribution is -2.25. The summed E-state index contributed by atoms with van der Waals surface area (Å²) in [6.45, 7) is 3.98. The molecule has 0 bridgehead atoms. The average molecular weight is 144 g/mol. The van der Waals surface area contributed by atoms with E-state index in [4.69, 9.17) is 9.84 Å². The highest BCUT2D eigenvalue weighted by molar-refractivity contribution is 5.75. The Morgan fingerprint density at radius 2 is 2.40 bits per heavy atom. The fraction of sp³-hybridized carbons (Fsp3) is 0.857. The van der Waals surface area contributed by atoms with Crippen molar-refractivity contribution in [1.29, 1.82) is 0 Å². The van der Waals surface area contributed by atoms with Gasteiger partial charge in [0.2, 0.25) is 0 Å². The van der Waals surface area contributed by atoms with E-state index in [1.54, 1.807) is 6.92 Å². The molecule has 0 spiro atoms. The number of cyclic esters (lactones) is 1. The van der Waals surface area contributed by atoms with Crippen LogP contribution in [0.25, 0.3) is 0 Å². The molecule has 0 aromatic carbocycles. The van der Waals surface area contributed by atoms with Gasteiger partial charge in [-0.3, -0.25) is 4.79 Å². The van der Waals surface area contributed by atoms with Gasteiger partial charge < -0.3 is 9.84 Å². The maximum Gasteiger partial charge on any atom is 0.311 e. The fourth-order valence-electron chi connectivity index (χ4n) is 1.32. The monoisotopic (exact) mass is 144 g/mol. The first-order valence-corrected chi connectivity index (χ1v) is 3.47. The minimum absolute atomic E-state index is 0.160. The van der Waals surface area contributed by atoms with Crippen LogP contribution in [0.3, 0.4) is 0 Å². The molecule has 58 valence electrons. The van der Waals surface area contributed by atoms with Crippen LogP contribution in [-0.4, -0.2) is 23.8 Å². The van der Waals surface area contributed by atoms with Crippen molar-refractivity contribution in [2.24, 2.45) is 11.8 Å². The molecule has 3 nitrogen and oxygen atoms in total. The van der Waals surface area contributed by atoms with Crippen LogP contribution in [0.15, 0.2) is 0 Å². The summed E-state index contributed by atoms with van der Waals surface area (Å²) in [5, 5.41) is 9.09. The molecule has 3 atom stereocenters. The number of rotatable bonds is 1. The lowest BCUT2D eigenvalue weighted by atomic mass is 9.93. The van der Waals surface area contributed by atoms with E-state index in [0.717, 1.165) is 0 Å². The highest BCUT2D eigenvalue weighted by Crippen LogP contribution is 2.24. The van der Waals surface area contributed by atoms with Crippen molar-refractivity contribution in [2.45, 2.75) is 20.0 Å². The highest BCUT2D eigenvalue weighted by Gasteiger charge is 2.36. The zero-order valence-electron chi connectivity index (χ0n) is 6.20. The van der Waals surface area contributed by atoms with E-state index in [-0.39, 0.29) is 17.8 Å². The number of ether oxygens (including phenoxy) is 1. The molecule has 0 amide bonds. The van der Waals surface area contributed by atoms with E-state index in [1.165, 1.54) is 0 Å². The van der Waals surface area contributed by atoms with Crippen molar-refractivity contribution in [3.05, 3.63) is 0 Å². The van der Waals surface area contributed by atoms with Gasteiger partial charge in [0.1, 0.15) is 0 Å². The van der Waals surface area contributed by atoms with Crippen molar-refractivity contribution in [3.8, 4) is 0 Å². The molecule has 0 saturated carbocycles. The van der Waals surface area contributed by atoms with Crippen LogP contribution < -0.4 is 0 Å². The Labute approximate surface area is 60.0 Å². The molecule has 1 rings (SSSR count). The third kappa shape index (κ3) is 1.14. The Morgan fingerprint density at radius 3 is 2.60 bits per heavy atom. The van der Waals surface area contributed by atoms with Crippen LogP contribution in [0.4, 0.5) is 0 Å². The van der Waals surface area contributed by atoms with Crippen molar-refractivity contribution in [2.75, 3.05) is 6.61 Å². The second-order valence-electron chi connectivity index (χ2n) is 2.87. The Hall–Kier alpha value is -0.570. The van der Waals surface area contributed by atoms with Gasteiger partial charge in [0, 0.05) is 5.92 Å². The number of aliphatic hydroxyl groups excluding tert-OH is 1. The van der Waals surface area contributed by atoms with Crippen molar-refractivity contribution < 1.29 is 14.6 Å². The molecule has 0 unspecified atom stereocenters. The summed E-state index contributed by atoms with van der Waals surface area (Å²) >= 11 is 0. The molecular formula is C7H12O3. The molecule has 1 aliphatic heterocycles. The third-order valence-electron chi connectivity index (χ3n) is 1.89. The average Bonchev–Trinajstić information content (AvgIpc) is 2.11. The normalized spacial score (nSPS) is 35.7. The van der Waals surface area contributed by atoms with E-state index in [0.29, 0.717) is 6.61 Å². The summed E-state index contributed by atoms with van der Waals surface area (Å²) in [5.74, 6) is -0.407. The molecule has 1 aliphatic rings. The molecule has 3 heteroatoms. The summed E-state index contributed by atoms with van der Waals surface area (Å²) < 4.78 is 4.74.